The Morgan fingerprint density at radius 2 is 1.66 bits per heavy atom. The molecule has 0 saturated carbocycles. The first kappa shape index (κ1) is 20.7. The van der Waals surface area contributed by atoms with Gasteiger partial charge in [0.15, 0.2) is 0 Å². The summed E-state index contributed by atoms with van der Waals surface area (Å²) in [6, 6.07) is 11.8. The van der Waals surface area contributed by atoms with Crippen molar-refractivity contribution in [2.24, 2.45) is 0 Å². The molecule has 1 aliphatic rings. The quantitative estimate of drug-likeness (QED) is 0.690. The largest absolute Gasteiger partial charge is 0.444 e. The van der Waals surface area contributed by atoms with Gasteiger partial charge in [-0.3, -0.25) is 15.6 Å². The van der Waals surface area contributed by atoms with Gasteiger partial charge in [-0.05, 0) is 62.2 Å². The first-order valence-corrected chi connectivity index (χ1v) is 8.92. The van der Waals surface area contributed by atoms with Crippen molar-refractivity contribution < 1.29 is 27.5 Å². The third kappa shape index (κ3) is 5.51. The monoisotopic (exact) mass is 406 g/mol. The topological polar surface area (TPSA) is 59.6 Å². The Labute approximate surface area is 166 Å². The van der Waals surface area contributed by atoms with Crippen LogP contribution in [0.2, 0.25) is 0 Å². The van der Waals surface area contributed by atoms with Crippen molar-refractivity contribution in [3.05, 3.63) is 71.3 Å². The van der Waals surface area contributed by atoms with Crippen molar-refractivity contribution in [2.75, 3.05) is 5.32 Å². The fourth-order valence-corrected chi connectivity index (χ4v) is 2.68. The molecule has 1 amide bonds. The number of alkyl halides is 3. The minimum absolute atomic E-state index is 0.508. The van der Waals surface area contributed by atoms with Gasteiger partial charge in [-0.25, -0.2) is 4.79 Å². The van der Waals surface area contributed by atoms with Crippen LogP contribution in [0.25, 0.3) is 5.70 Å². The Balaban J connectivity index is 1.66. The average Bonchev–Trinajstić information content (AvgIpc) is 3.10. The van der Waals surface area contributed by atoms with Gasteiger partial charge in [-0.1, -0.05) is 24.3 Å². The predicted molar refractivity (Wildman–Crippen MR) is 103 cm³/mol. The van der Waals surface area contributed by atoms with Crippen LogP contribution in [-0.2, 0) is 15.8 Å². The highest BCUT2D eigenvalue weighted by Gasteiger charge is 2.30. The minimum atomic E-state index is -4.37. The van der Waals surface area contributed by atoms with Gasteiger partial charge in [0.1, 0.15) is 11.7 Å². The summed E-state index contributed by atoms with van der Waals surface area (Å²) < 4.78 is 43.2. The Morgan fingerprint density at radius 1 is 1.03 bits per heavy atom. The molecule has 0 fully saturated rings. The maximum atomic E-state index is 12.7. The van der Waals surface area contributed by atoms with Gasteiger partial charge in [0.2, 0.25) is 0 Å². The van der Waals surface area contributed by atoms with Crippen LogP contribution in [-0.4, -0.2) is 11.7 Å². The molecule has 2 aromatic rings. The van der Waals surface area contributed by atoms with Crippen LogP contribution in [0, 0.1) is 0 Å². The number of halogens is 3. The first-order chi connectivity index (χ1) is 13.5. The van der Waals surface area contributed by atoms with Crippen molar-refractivity contribution in [2.45, 2.75) is 38.7 Å². The molecule has 8 heteroatoms. The minimum Gasteiger partial charge on any atom is -0.444 e. The Bertz CT molecular complexity index is 899. The summed E-state index contributed by atoms with van der Waals surface area (Å²) in [6.45, 7) is 5.34. The molecule has 0 saturated heterocycles. The average molecular weight is 406 g/mol. The molecule has 1 atom stereocenters. The van der Waals surface area contributed by atoms with E-state index in [9.17, 15) is 18.0 Å². The number of carbonyl (C=O) groups is 1. The maximum Gasteiger partial charge on any atom is 0.416 e. The molecule has 1 heterocycles. The number of hydroxylamine groups is 1. The zero-order valence-corrected chi connectivity index (χ0v) is 16.1. The van der Waals surface area contributed by atoms with Crippen LogP contribution in [0.4, 0.5) is 23.7 Å². The smallest absolute Gasteiger partial charge is 0.416 e. The molecule has 3 rings (SSSR count). The molecule has 0 spiro atoms. The van der Waals surface area contributed by atoms with E-state index in [-0.39, 0.29) is 0 Å². The number of hydrogen-bond acceptors (Lipinski definition) is 4. The predicted octanol–water partition coefficient (Wildman–Crippen LogP) is 5.67. The highest BCUT2D eigenvalue weighted by atomic mass is 19.4. The lowest BCUT2D eigenvalue weighted by Crippen LogP contribution is -2.27. The zero-order chi connectivity index (χ0) is 21.2. The molecular formula is C21H21F3N2O3. The molecule has 1 unspecified atom stereocenters. The maximum absolute atomic E-state index is 12.7. The Hall–Kier alpha value is -3.00. The summed E-state index contributed by atoms with van der Waals surface area (Å²) in [5.74, 6) is 0. The van der Waals surface area contributed by atoms with Gasteiger partial charge in [0.05, 0.1) is 11.3 Å². The molecule has 0 radical (unpaired) electrons. The summed E-state index contributed by atoms with van der Waals surface area (Å²) in [4.78, 5) is 17.3. The molecule has 5 nitrogen and oxygen atoms in total. The molecule has 29 heavy (non-hydrogen) atoms. The molecular weight excluding hydrogens is 385 g/mol. The molecule has 1 aliphatic heterocycles. The normalized spacial score (nSPS) is 16.8. The molecule has 2 aromatic carbocycles. The molecule has 0 bridgehead atoms. The van der Waals surface area contributed by atoms with Crippen molar-refractivity contribution in [1.29, 1.82) is 0 Å². The number of benzene rings is 2. The van der Waals surface area contributed by atoms with Gasteiger partial charge in [0.25, 0.3) is 0 Å². The fourth-order valence-electron chi connectivity index (χ4n) is 2.68. The van der Waals surface area contributed by atoms with Gasteiger partial charge in [-0.15, -0.1) is 0 Å². The van der Waals surface area contributed by atoms with Crippen LogP contribution in [0.3, 0.4) is 0 Å². The summed E-state index contributed by atoms with van der Waals surface area (Å²) in [7, 11) is 0. The second kappa shape index (κ2) is 7.79. The van der Waals surface area contributed by atoms with Crippen molar-refractivity contribution >= 4 is 17.5 Å². The molecule has 2 N–H and O–H groups in total. The number of carbonyl (C=O) groups excluding carboxylic acids is 1. The van der Waals surface area contributed by atoms with Crippen LogP contribution >= 0.6 is 0 Å². The van der Waals surface area contributed by atoms with Crippen LogP contribution in [0.5, 0.6) is 0 Å². The Kier molecular flexibility index (Phi) is 5.57. The lowest BCUT2D eigenvalue weighted by Gasteiger charge is -2.19. The number of ether oxygens (including phenoxy) is 1. The number of rotatable bonds is 3. The second-order valence-corrected chi connectivity index (χ2v) is 7.54. The van der Waals surface area contributed by atoms with Crippen LogP contribution in [0.1, 0.15) is 43.6 Å². The standard InChI is InChI=1S/C21H21F3N2O3/c1-20(2,3)28-19(27)25-16-10-6-13(7-11-16)17-12-18(29-26-17)14-4-8-15(9-5-14)21(22,23)24/h4-12,18,26H,1-3H3,(H,25,27). The van der Waals surface area contributed by atoms with Gasteiger partial charge >= 0.3 is 12.3 Å². The van der Waals surface area contributed by atoms with E-state index in [1.165, 1.54) is 12.1 Å². The third-order valence-electron chi connectivity index (χ3n) is 4.02. The lowest BCUT2D eigenvalue weighted by atomic mass is 10.0. The van der Waals surface area contributed by atoms with E-state index in [0.717, 1.165) is 17.7 Å². The summed E-state index contributed by atoms with van der Waals surface area (Å²) in [5, 5.41) is 2.64. The molecule has 154 valence electrons. The Morgan fingerprint density at radius 3 is 2.21 bits per heavy atom. The van der Waals surface area contributed by atoms with E-state index in [2.05, 4.69) is 10.8 Å². The number of amides is 1. The number of hydrogen-bond donors (Lipinski definition) is 2. The summed E-state index contributed by atoms with van der Waals surface area (Å²) in [6.07, 6.45) is -3.65. The van der Waals surface area contributed by atoms with E-state index < -0.39 is 29.5 Å². The fraction of sp³-hybridized carbons (Fsp3) is 0.286. The van der Waals surface area contributed by atoms with Gasteiger partial charge in [0, 0.05) is 5.69 Å². The highest BCUT2D eigenvalue weighted by Crippen LogP contribution is 2.33. The molecule has 0 aliphatic carbocycles. The van der Waals surface area contributed by atoms with E-state index in [0.29, 0.717) is 16.9 Å². The SMILES string of the molecule is CC(C)(C)OC(=O)Nc1ccc(C2=CC(c3ccc(C(F)(F)F)cc3)ON2)cc1. The van der Waals surface area contributed by atoms with Crippen LogP contribution < -0.4 is 10.8 Å². The second-order valence-electron chi connectivity index (χ2n) is 7.54. The van der Waals surface area contributed by atoms with Crippen molar-refractivity contribution in [3.8, 4) is 0 Å². The highest BCUT2D eigenvalue weighted by molar-refractivity contribution is 5.85. The summed E-state index contributed by atoms with van der Waals surface area (Å²) >= 11 is 0. The zero-order valence-electron chi connectivity index (χ0n) is 16.1. The van der Waals surface area contributed by atoms with E-state index in [1.807, 2.05) is 0 Å². The van der Waals surface area contributed by atoms with E-state index >= 15 is 0 Å². The third-order valence-corrected chi connectivity index (χ3v) is 4.02. The van der Waals surface area contributed by atoms with Gasteiger partial charge in [-0.2, -0.15) is 13.2 Å². The van der Waals surface area contributed by atoms with Crippen molar-refractivity contribution in [1.82, 2.24) is 5.48 Å². The first-order valence-electron chi connectivity index (χ1n) is 8.92. The number of nitrogens with one attached hydrogen (secondary N) is 2. The van der Waals surface area contributed by atoms with E-state index in [4.69, 9.17) is 9.57 Å². The van der Waals surface area contributed by atoms with E-state index in [1.54, 1.807) is 51.1 Å². The van der Waals surface area contributed by atoms with Crippen molar-refractivity contribution in [3.63, 3.8) is 0 Å². The lowest BCUT2D eigenvalue weighted by molar-refractivity contribution is -0.137. The van der Waals surface area contributed by atoms with Crippen LogP contribution in [0.15, 0.2) is 54.6 Å². The summed E-state index contributed by atoms with van der Waals surface area (Å²) in [5.41, 5.74) is 4.14. The number of anilines is 1. The molecule has 0 aromatic heterocycles. The van der Waals surface area contributed by atoms with Gasteiger partial charge < -0.3 is 4.74 Å².